The summed E-state index contributed by atoms with van der Waals surface area (Å²) < 4.78 is 2.89. The van der Waals surface area contributed by atoms with Gasteiger partial charge in [0.1, 0.15) is 0 Å². The lowest BCUT2D eigenvalue weighted by Crippen LogP contribution is -3.61. The van der Waals surface area contributed by atoms with Crippen LogP contribution in [0.1, 0.15) is 0 Å². The van der Waals surface area contributed by atoms with E-state index in [1.807, 2.05) is 29.8 Å². The van der Waals surface area contributed by atoms with Gasteiger partial charge in [-0.1, -0.05) is 11.3 Å². The molecule has 2 heterocycles. The lowest BCUT2D eigenvalue weighted by atomic mass is 10.5. The zero-order valence-corrected chi connectivity index (χ0v) is 9.25. The molecule has 0 aromatic carbocycles. The third-order valence-corrected chi connectivity index (χ3v) is 5.40. The molecule has 0 saturated carbocycles. The number of aromatic nitrogens is 1. The third kappa shape index (κ3) is 2.04. The highest BCUT2D eigenvalue weighted by molar-refractivity contribution is 7.07. The van der Waals surface area contributed by atoms with Crippen molar-refractivity contribution in [2.75, 3.05) is 0 Å². The van der Waals surface area contributed by atoms with Gasteiger partial charge in [-0.05, 0) is 23.6 Å². The number of pyridine rings is 1. The van der Waals surface area contributed by atoms with Crippen LogP contribution in [0.4, 0.5) is 0 Å². The Morgan fingerprint density at radius 2 is 2.25 bits per heavy atom. The smallest absolute Gasteiger partial charge is 0.260 e. The first kappa shape index (κ1) is 8.19. The zero-order valence-electron chi connectivity index (χ0n) is 6.27. The quantitative estimate of drug-likeness (QED) is 0.664. The molecule has 0 bridgehead atoms. The minimum atomic E-state index is 0.0223. The van der Waals surface area contributed by atoms with Crippen LogP contribution in [0.5, 0.6) is 0 Å². The summed E-state index contributed by atoms with van der Waals surface area (Å²) in [6, 6.07) is 8.46. The molecule has 2 aromatic rings. The van der Waals surface area contributed by atoms with Crippen molar-refractivity contribution < 1.29 is 21.2 Å². The number of hydrogen-bond donors (Lipinski definition) is 0. The Morgan fingerprint density at radius 1 is 1.25 bits per heavy atom. The van der Waals surface area contributed by atoms with Gasteiger partial charge in [0.25, 0.3) is 0 Å². The van der Waals surface area contributed by atoms with Crippen molar-refractivity contribution in [3.8, 4) is 0 Å². The number of halogens is 1. The molecule has 0 saturated heterocycles. The molecular weight excluding hydrogens is 281 g/mol. The Bertz CT molecular complexity index is 331. The van der Waals surface area contributed by atoms with E-state index in [1.165, 1.54) is 6.45 Å². The van der Waals surface area contributed by atoms with Crippen molar-refractivity contribution >= 4 is 11.3 Å². The SMILES string of the molecule is c1cncc([I+]c2cccs2)c1. The van der Waals surface area contributed by atoms with Crippen LogP contribution in [0.15, 0.2) is 42.0 Å². The fourth-order valence-corrected chi connectivity index (χ4v) is 4.41. The molecule has 0 aliphatic heterocycles. The van der Waals surface area contributed by atoms with Gasteiger partial charge in [0, 0.05) is 12.3 Å². The molecule has 0 amide bonds. The van der Waals surface area contributed by atoms with Gasteiger partial charge in [-0.2, -0.15) is 0 Å². The summed E-state index contributed by atoms with van der Waals surface area (Å²) in [5.74, 6) is 0. The summed E-state index contributed by atoms with van der Waals surface area (Å²) in [4.78, 5) is 4.10. The molecule has 0 aliphatic rings. The zero-order chi connectivity index (χ0) is 8.23. The Kier molecular flexibility index (Phi) is 2.73. The van der Waals surface area contributed by atoms with Crippen molar-refractivity contribution in [1.82, 2.24) is 4.98 Å². The van der Waals surface area contributed by atoms with Crippen molar-refractivity contribution in [2.45, 2.75) is 0 Å². The van der Waals surface area contributed by atoms with Crippen LogP contribution in [0.3, 0.4) is 0 Å². The second-order valence-corrected chi connectivity index (χ2v) is 6.81. The summed E-state index contributed by atoms with van der Waals surface area (Å²) in [6.45, 7) is 0. The van der Waals surface area contributed by atoms with E-state index < -0.39 is 0 Å². The minimum Gasteiger partial charge on any atom is -0.260 e. The summed E-state index contributed by atoms with van der Waals surface area (Å²) in [5, 5.41) is 2.13. The van der Waals surface area contributed by atoms with Gasteiger partial charge in [0.2, 0.25) is 6.45 Å². The largest absolute Gasteiger partial charge is 0.371 e. The van der Waals surface area contributed by atoms with Gasteiger partial charge in [-0.25, -0.2) is 0 Å². The van der Waals surface area contributed by atoms with E-state index in [9.17, 15) is 0 Å². The second-order valence-electron chi connectivity index (χ2n) is 2.18. The molecule has 3 heteroatoms. The molecular formula is C9H7INS+. The van der Waals surface area contributed by atoms with E-state index >= 15 is 0 Å². The second kappa shape index (κ2) is 4.00. The average molecular weight is 288 g/mol. The predicted molar refractivity (Wildman–Crippen MR) is 46.0 cm³/mol. The number of thiophene rings is 1. The maximum atomic E-state index is 4.10. The Hall–Kier alpha value is -0.420. The van der Waals surface area contributed by atoms with E-state index in [-0.39, 0.29) is 21.2 Å². The van der Waals surface area contributed by atoms with Gasteiger partial charge in [0.05, 0.1) is 6.20 Å². The van der Waals surface area contributed by atoms with E-state index in [1.54, 1.807) is 0 Å². The van der Waals surface area contributed by atoms with Crippen LogP contribution in [0, 0.1) is 6.45 Å². The van der Waals surface area contributed by atoms with E-state index in [0.29, 0.717) is 0 Å². The van der Waals surface area contributed by atoms with E-state index in [4.69, 9.17) is 0 Å². The standard InChI is InChI=1S/C9H7INS/c1-3-8(7-11-5-1)10-9-4-2-6-12-9/h1-7H/q+1. The fraction of sp³-hybridized carbons (Fsp3) is 0. The molecule has 0 aliphatic carbocycles. The first-order chi connectivity index (χ1) is 5.95. The number of rotatable bonds is 2. The molecule has 0 radical (unpaired) electrons. The summed E-state index contributed by atoms with van der Waals surface area (Å²) in [7, 11) is 0. The lowest BCUT2D eigenvalue weighted by Gasteiger charge is -1.79. The molecule has 2 rings (SSSR count). The molecule has 12 heavy (non-hydrogen) atoms. The molecule has 60 valence electrons. The first-order valence-electron chi connectivity index (χ1n) is 3.53. The molecule has 0 spiro atoms. The summed E-state index contributed by atoms with van der Waals surface area (Å²) in [6.07, 6.45) is 3.79. The van der Waals surface area contributed by atoms with Crippen LogP contribution in [-0.4, -0.2) is 4.98 Å². The lowest BCUT2D eigenvalue weighted by molar-refractivity contribution is -0.591. The predicted octanol–water partition coefficient (Wildman–Crippen LogP) is -0.728. The average Bonchev–Trinajstić information content (AvgIpc) is 2.59. The summed E-state index contributed by atoms with van der Waals surface area (Å²) in [5.41, 5.74) is 0. The number of nitrogens with zero attached hydrogens (tertiary/aromatic N) is 1. The van der Waals surface area contributed by atoms with E-state index in [2.05, 4.69) is 28.6 Å². The van der Waals surface area contributed by atoms with Gasteiger partial charge >= 0.3 is 21.2 Å². The Morgan fingerprint density at radius 3 is 2.92 bits per heavy atom. The maximum absolute atomic E-state index is 4.10. The van der Waals surface area contributed by atoms with Crippen LogP contribution < -0.4 is 21.2 Å². The van der Waals surface area contributed by atoms with Gasteiger partial charge in [-0.15, -0.1) is 0 Å². The Labute approximate surface area is 85.7 Å². The third-order valence-electron chi connectivity index (χ3n) is 1.31. The van der Waals surface area contributed by atoms with Crippen molar-refractivity contribution in [2.24, 2.45) is 0 Å². The van der Waals surface area contributed by atoms with Crippen LogP contribution >= 0.6 is 11.3 Å². The normalized spacial score (nSPS) is 10.0. The van der Waals surface area contributed by atoms with Crippen molar-refractivity contribution in [3.63, 3.8) is 0 Å². The van der Waals surface area contributed by atoms with Crippen LogP contribution in [0.25, 0.3) is 0 Å². The maximum Gasteiger partial charge on any atom is 0.371 e. The highest BCUT2D eigenvalue weighted by Crippen LogP contribution is 1.94. The van der Waals surface area contributed by atoms with Crippen LogP contribution in [0.2, 0.25) is 0 Å². The van der Waals surface area contributed by atoms with Crippen molar-refractivity contribution in [1.29, 1.82) is 0 Å². The molecule has 0 unspecified atom stereocenters. The van der Waals surface area contributed by atoms with Crippen LogP contribution in [-0.2, 0) is 0 Å². The number of hydrogen-bond acceptors (Lipinski definition) is 2. The first-order valence-corrected chi connectivity index (χ1v) is 6.57. The van der Waals surface area contributed by atoms with Gasteiger partial charge < -0.3 is 0 Å². The van der Waals surface area contributed by atoms with Gasteiger partial charge in [-0.3, -0.25) is 4.98 Å². The Balaban J connectivity index is 2.15. The molecule has 1 nitrogen and oxygen atoms in total. The monoisotopic (exact) mass is 288 g/mol. The molecule has 0 atom stereocenters. The van der Waals surface area contributed by atoms with E-state index in [0.717, 1.165) is 0 Å². The summed E-state index contributed by atoms with van der Waals surface area (Å²) >= 11 is 1.86. The topological polar surface area (TPSA) is 12.9 Å². The van der Waals surface area contributed by atoms with Crippen molar-refractivity contribution in [3.05, 3.63) is 48.5 Å². The molecule has 0 N–H and O–H groups in total. The fourth-order valence-electron chi connectivity index (χ4n) is 0.818. The minimum absolute atomic E-state index is 0.0223. The molecule has 0 fully saturated rings. The highest BCUT2D eigenvalue weighted by Gasteiger charge is 2.15. The molecule has 2 aromatic heterocycles. The van der Waals surface area contributed by atoms with Gasteiger partial charge in [0.15, 0.2) is 0 Å². The highest BCUT2D eigenvalue weighted by atomic mass is 127.